The van der Waals surface area contributed by atoms with Crippen molar-refractivity contribution in [3.8, 4) is 0 Å². The standard InChI is InChI=1S/C12H14N2O.C7H10N2OS2.CH3F/c13-12(15)14-11-9-3-1-2-7(9)6-8-4-5-10(8)11;8-12(10)7-3-5-4-9-2-1-6(5)11-7;1-2/h6H,1-5H2,(H3,13,14,15);3,9H,1-2,4,8H2;1H3. The van der Waals surface area contributed by atoms with Gasteiger partial charge in [-0.25, -0.2) is 14.1 Å². The maximum atomic E-state index is 11.0. The summed E-state index contributed by atoms with van der Waals surface area (Å²) in [7, 11) is -0.803. The molecule has 0 saturated heterocycles. The van der Waals surface area contributed by atoms with Crippen LogP contribution in [0.15, 0.2) is 16.3 Å². The van der Waals surface area contributed by atoms with E-state index in [0.717, 1.165) is 55.1 Å². The quantitative estimate of drug-likeness (QED) is 0.579. The zero-order valence-electron chi connectivity index (χ0n) is 16.5. The fourth-order valence-electron chi connectivity index (χ4n) is 4.04. The summed E-state index contributed by atoms with van der Waals surface area (Å²) in [4.78, 5) is 12.3. The fourth-order valence-corrected chi connectivity index (χ4v) is 5.84. The first-order chi connectivity index (χ1) is 14.0. The van der Waals surface area contributed by atoms with Gasteiger partial charge in [-0.2, -0.15) is 0 Å². The number of carbonyl (C=O) groups excluding carboxylic acids is 1. The number of halogens is 1. The molecule has 2 amide bonds. The van der Waals surface area contributed by atoms with E-state index in [1.807, 2.05) is 6.07 Å². The van der Waals surface area contributed by atoms with Gasteiger partial charge >= 0.3 is 6.03 Å². The van der Waals surface area contributed by atoms with Gasteiger partial charge in [-0.1, -0.05) is 6.07 Å². The lowest BCUT2D eigenvalue weighted by Gasteiger charge is -2.25. The molecule has 5 rings (SSSR count). The van der Waals surface area contributed by atoms with Gasteiger partial charge in [0.2, 0.25) is 0 Å². The van der Waals surface area contributed by atoms with Crippen molar-refractivity contribution in [1.82, 2.24) is 5.32 Å². The van der Waals surface area contributed by atoms with Gasteiger partial charge in [0.05, 0.1) is 7.18 Å². The fraction of sp³-hybridized carbons (Fsp3) is 0.450. The second-order valence-electron chi connectivity index (χ2n) is 7.11. The number of primary amides is 1. The van der Waals surface area contributed by atoms with E-state index in [-0.39, 0.29) is 0 Å². The smallest absolute Gasteiger partial charge is 0.316 e. The highest BCUT2D eigenvalue weighted by atomic mass is 32.2. The molecule has 0 radical (unpaired) electrons. The van der Waals surface area contributed by atoms with E-state index in [9.17, 15) is 13.4 Å². The number of thiophene rings is 1. The first-order valence-electron chi connectivity index (χ1n) is 9.62. The van der Waals surface area contributed by atoms with Crippen LogP contribution in [0.25, 0.3) is 0 Å². The zero-order chi connectivity index (χ0) is 21.0. The van der Waals surface area contributed by atoms with Crippen molar-refractivity contribution in [1.29, 1.82) is 0 Å². The molecule has 2 heterocycles. The zero-order valence-corrected chi connectivity index (χ0v) is 18.1. The third kappa shape index (κ3) is 4.85. The highest BCUT2D eigenvalue weighted by molar-refractivity contribution is 7.85. The van der Waals surface area contributed by atoms with E-state index in [1.54, 1.807) is 11.3 Å². The summed E-state index contributed by atoms with van der Waals surface area (Å²) in [6, 6.07) is 3.82. The molecular formula is C20H27FN4O2S2. The largest absolute Gasteiger partial charge is 0.351 e. The number of nitrogens with two attached hydrogens (primary N) is 2. The second kappa shape index (κ2) is 9.80. The molecule has 1 atom stereocenters. The number of hydrogen-bond acceptors (Lipinski definition) is 4. The minimum atomic E-state index is -1.30. The van der Waals surface area contributed by atoms with Gasteiger partial charge in [-0.3, -0.25) is 4.39 Å². The summed E-state index contributed by atoms with van der Waals surface area (Å²) in [5.41, 5.74) is 13.0. The number of rotatable bonds is 2. The molecule has 3 aliphatic rings. The van der Waals surface area contributed by atoms with Crippen molar-refractivity contribution in [3.05, 3.63) is 44.8 Å². The van der Waals surface area contributed by atoms with E-state index < -0.39 is 17.0 Å². The minimum Gasteiger partial charge on any atom is -0.351 e. The lowest BCUT2D eigenvalue weighted by Crippen LogP contribution is -2.24. The van der Waals surface area contributed by atoms with E-state index in [2.05, 4.69) is 16.7 Å². The third-order valence-corrected chi connectivity index (χ3v) is 7.70. The SMILES string of the molecule is CF.NC(=O)Nc1c2c(cc3c1CC3)CCC2.NS(=O)c1cc2c(s1)CCNC2. The average Bonchev–Trinajstić information content (AvgIpc) is 3.33. The predicted molar refractivity (Wildman–Crippen MR) is 116 cm³/mol. The van der Waals surface area contributed by atoms with Gasteiger partial charge in [0, 0.05) is 23.7 Å². The molecule has 29 heavy (non-hydrogen) atoms. The van der Waals surface area contributed by atoms with Crippen LogP contribution in [-0.4, -0.2) is 24.0 Å². The highest BCUT2D eigenvalue weighted by Crippen LogP contribution is 2.39. The molecular weight excluding hydrogens is 411 g/mol. The second-order valence-corrected chi connectivity index (χ2v) is 9.54. The van der Waals surface area contributed by atoms with E-state index in [1.165, 1.54) is 39.1 Å². The molecule has 2 aliphatic carbocycles. The molecule has 1 aliphatic heterocycles. The number of fused-ring (bicyclic) bond motifs is 3. The van der Waals surface area contributed by atoms with E-state index in [0.29, 0.717) is 7.18 Å². The highest BCUT2D eigenvalue weighted by Gasteiger charge is 2.25. The maximum Gasteiger partial charge on any atom is 0.316 e. The van der Waals surface area contributed by atoms with Gasteiger partial charge in [0.25, 0.3) is 0 Å². The number of carbonyl (C=O) groups is 1. The van der Waals surface area contributed by atoms with Crippen molar-refractivity contribution < 1.29 is 13.4 Å². The molecule has 9 heteroatoms. The Balaban J connectivity index is 0.000000156. The lowest BCUT2D eigenvalue weighted by atomic mass is 9.83. The topological polar surface area (TPSA) is 110 Å². The summed E-state index contributed by atoms with van der Waals surface area (Å²) in [5, 5.41) is 11.4. The Bertz CT molecular complexity index is 906. The summed E-state index contributed by atoms with van der Waals surface area (Å²) in [6.45, 7) is 1.91. The Morgan fingerprint density at radius 2 is 1.83 bits per heavy atom. The number of hydrogen-bond donors (Lipinski definition) is 4. The van der Waals surface area contributed by atoms with Gasteiger partial charge in [-0.15, -0.1) is 11.3 Å². The first-order valence-corrected chi connectivity index (χ1v) is 11.6. The van der Waals surface area contributed by atoms with Crippen molar-refractivity contribution in [2.24, 2.45) is 10.9 Å². The summed E-state index contributed by atoms with van der Waals surface area (Å²) in [6.07, 6.45) is 6.70. The van der Waals surface area contributed by atoms with Crippen LogP contribution in [0.1, 0.15) is 39.1 Å². The van der Waals surface area contributed by atoms with Crippen LogP contribution in [-0.2, 0) is 49.6 Å². The maximum absolute atomic E-state index is 11.0. The van der Waals surface area contributed by atoms with Crippen LogP contribution < -0.4 is 21.5 Å². The summed E-state index contributed by atoms with van der Waals surface area (Å²) < 4.78 is 21.2. The molecule has 6 nitrogen and oxygen atoms in total. The first kappa shape index (κ1) is 21.9. The summed E-state index contributed by atoms with van der Waals surface area (Å²) in [5.74, 6) is 0. The van der Waals surface area contributed by atoms with E-state index >= 15 is 0 Å². The molecule has 0 saturated carbocycles. The minimum absolute atomic E-state index is 0.440. The number of anilines is 1. The molecule has 1 unspecified atom stereocenters. The van der Waals surface area contributed by atoms with Gasteiger partial charge in [0.1, 0.15) is 15.2 Å². The normalized spacial score (nSPS) is 16.5. The van der Waals surface area contributed by atoms with Crippen molar-refractivity contribution in [2.45, 2.75) is 49.3 Å². The Labute approximate surface area is 176 Å². The lowest BCUT2D eigenvalue weighted by molar-refractivity contribution is 0.259. The Hall–Kier alpha value is -1.81. The average molecular weight is 439 g/mol. The number of alkyl halides is 1. The number of benzene rings is 1. The molecule has 1 aromatic heterocycles. The van der Waals surface area contributed by atoms with Gasteiger partial charge < -0.3 is 16.4 Å². The Morgan fingerprint density at radius 1 is 1.10 bits per heavy atom. The predicted octanol–water partition coefficient (Wildman–Crippen LogP) is 2.73. The summed E-state index contributed by atoms with van der Waals surface area (Å²) >= 11 is 1.58. The Morgan fingerprint density at radius 3 is 2.45 bits per heavy atom. The van der Waals surface area contributed by atoms with E-state index in [4.69, 9.17) is 10.9 Å². The number of urea groups is 1. The van der Waals surface area contributed by atoms with Crippen LogP contribution in [0.3, 0.4) is 0 Å². The third-order valence-electron chi connectivity index (χ3n) is 5.41. The van der Waals surface area contributed by atoms with Crippen LogP contribution in [0.2, 0.25) is 0 Å². The Kier molecular flexibility index (Phi) is 7.39. The van der Waals surface area contributed by atoms with Crippen LogP contribution in [0, 0.1) is 0 Å². The molecule has 1 aromatic carbocycles. The molecule has 2 aromatic rings. The number of aryl methyl sites for hydroxylation is 2. The van der Waals surface area contributed by atoms with Crippen molar-refractivity contribution in [3.63, 3.8) is 0 Å². The van der Waals surface area contributed by atoms with Crippen LogP contribution in [0.4, 0.5) is 14.9 Å². The van der Waals surface area contributed by atoms with Gasteiger partial charge in [-0.05, 0) is 72.4 Å². The van der Waals surface area contributed by atoms with Gasteiger partial charge in [0.15, 0.2) is 0 Å². The van der Waals surface area contributed by atoms with Crippen molar-refractivity contribution in [2.75, 3.05) is 19.0 Å². The van der Waals surface area contributed by atoms with Crippen LogP contribution in [0.5, 0.6) is 0 Å². The molecule has 6 N–H and O–H groups in total. The monoisotopic (exact) mass is 438 g/mol. The number of nitrogens with one attached hydrogen (secondary N) is 2. The number of amides is 2. The van der Waals surface area contributed by atoms with Crippen molar-refractivity contribution >= 4 is 34.0 Å². The molecule has 0 spiro atoms. The molecule has 158 valence electrons. The molecule has 0 bridgehead atoms. The van der Waals surface area contributed by atoms with Crippen LogP contribution >= 0.6 is 11.3 Å². The molecule has 0 fully saturated rings.